The van der Waals surface area contributed by atoms with Crippen LogP contribution in [0.1, 0.15) is 43.5 Å². The lowest BCUT2D eigenvalue weighted by Gasteiger charge is -2.23. The summed E-state index contributed by atoms with van der Waals surface area (Å²) < 4.78 is 25.8. The highest BCUT2D eigenvalue weighted by Crippen LogP contribution is 2.23. The smallest absolute Gasteiger partial charge is 0.242 e. The number of nitrogens with one attached hydrogen (secondary N) is 1. The summed E-state index contributed by atoms with van der Waals surface area (Å²) in [5.41, 5.74) is 1.01. The Morgan fingerprint density at radius 3 is 2.74 bits per heavy atom. The first kappa shape index (κ1) is 17.6. The van der Waals surface area contributed by atoms with E-state index in [0.717, 1.165) is 0 Å². The van der Waals surface area contributed by atoms with Crippen molar-refractivity contribution in [3.63, 3.8) is 0 Å². The standard InChI is InChI=1S/C16H22N2O4S/c1-3-10-23(21,22)18-9-5-8-15(18)16(20)17-14-7-4-6-13(11-14)12(2)19/h4,6-7,11,15H,3,5,8-10H2,1-2H3,(H,17,20). The second-order valence-corrected chi connectivity index (χ2v) is 7.75. The number of hydrogen-bond acceptors (Lipinski definition) is 4. The molecule has 2 rings (SSSR count). The molecule has 1 aliphatic rings. The Bertz CT molecular complexity index is 700. The molecule has 1 amide bonds. The lowest BCUT2D eigenvalue weighted by atomic mass is 10.1. The molecule has 126 valence electrons. The molecule has 1 saturated heterocycles. The SMILES string of the molecule is CCCS(=O)(=O)N1CCCC1C(=O)Nc1cccc(C(C)=O)c1. The summed E-state index contributed by atoms with van der Waals surface area (Å²) in [7, 11) is -3.40. The first-order valence-corrected chi connectivity index (χ1v) is 9.37. The Kier molecular flexibility index (Phi) is 5.54. The van der Waals surface area contributed by atoms with E-state index in [-0.39, 0.29) is 17.4 Å². The number of ketones is 1. The van der Waals surface area contributed by atoms with Gasteiger partial charge in [-0.05, 0) is 38.3 Å². The molecule has 0 aliphatic carbocycles. The van der Waals surface area contributed by atoms with Gasteiger partial charge in [-0.1, -0.05) is 19.1 Å². The Morgan fingerprint density at radius 2 is 2.09 bits per heavy atom. The third kappa shape index (κ3) is 4.17. The van der Waals surface area contributed by atoms with Crippen molar-refractivity contribution in [2.45, 2.75) is 39.2 Å². The van der Waals surface area contributed by atoms with E-state index < -0.39 is 16.1 Å². The van der Waals surface area contributed by atoms with Gasteiger partial charge < -0.3 is 5.32 Å². The van der Waals surface area contributed by atoms with Crippen molar-refractivity contribution in [3.8, 4) is 0 Å². The van der Waals surface area contributed by atoms with Crippen LogP contribution in [0.5, 0.6) is 0 Å². The number of nitrogens with zero attached hydrogens (tertiary/aromatic N) is 1. The molecule has 1 aliphatic heterocycles. The first-order valence-electron chi connectivity index (χ1n) is 7.76. The minimum atomic E-state index is -3.40. The number of carbonyl (C=O) groups excluding carboxylic acids is 2. The predicted molar refractivity (Wildman–Crippen MR) is 88.9 cm³/mol. The second-order valence-electron chi connectivity index (χ2n) is 5.71. The number of sulfonamides is 1. The third-order valence-electron chi connectivity index (χ3n) is 3.86. The molecule has 1 heterocycles. The van der Waals surface area contributed by atoms with E-state index in [9.17, 15) is 18.0 Å². The van der Waals surface area contributed by atoms with Crippen molar-refractivity contribution >= 4 is 27.4 Å². The van der Waals surface area contributed by atoms with Crippen LogP contribution < -0.4 is 5.32 Å². The maximum absolute atomic E-state index is 12.5. The summed E-state index contributed by atoms with van der Waals surface area (Å²) in [6.07, 6.45) is 1.71. The Balaban J connectivity index is 2.14. The van der Waals surface area contributed by atoms with Crippen LogP contribution in [0.4, 0.5) is 5.69 Å². The van der Waals surface area contributed by atoms with Crippen LogP contribution in [0, 0.1) is 0 Å². The van der Waals surface area contributed by atoms with Crippen molar-refractivity contribution in [2.24, 2.45) is 0 Å². The van der Waals surface area contributed by atoms with Gasteiger partial charge >= 0.3 is 0 Å². The molecule has 23 heavy (non-hydrogen) atoms. The molecular formula is C16H22N2O4S. The highest BCUT2D eigenvalue weighted by Gasteiger charge is 2.38. The molecule has 0 spiro atoms. The Labute approximate surface area is 136 Å². The monoisotopic (exact) mass is 338 g/mol. The van der Waals surface area contributed by atoms with E-state index >= 15 is 0 Å². The maximum Gasteiger partial charge on any atom is 0.242 e. The summed E-state index contributed by atoms with van der Waals surface area (Å²) >= 11 is 0. The van der Waals surface area contributed by atoms with Crippen molar-refractivity contribution in [1.29, 1.82) is 0 Å². The fourth-order valence-electron chi connectivity index (χ4n) is 2.75. The van der Waals surface area contributed by atoms with Gasteiger partial charge in [0.05, 0.1) is 5.75 Å². The molecule has 0 bridgehead atoms. The summed E-state index contributed by atoms with van der Waals surface area (Å²) in [6.45, 7) is 3.64. The van der Waals surface area contributed by atoms with E-state index in [2.05, 4.69) is 5.32 Å². The molecule has 7 heteroatoms. The average molecular weight is 338 g/mol. The number of amides is 1. The zero-order chi connectivity index (χ0) is 17.0. The van der Waals surface area contributed by atoms with E-state index in [1.807, 2.05) is 0 Å². The zero-order valence-corrected chi connectivity index (χ0v) is 14.2. The number of rotatable bonds is 6. The van der Waals surface area contributed by atoms with E-state index in [0.29, 0.717) is 37.1 Å². The van der Waals surface area contributed by atoms with Gasteiger partial charge in [0.25, 0.3) is 0 Å². The highest BCUT2D eigenvalue weighted by molar-refractivity contribution is 7.89. The lowest BCUT2D eigenvalue weighted by Crippen LogP contribution is -2.44. The third-order valence-corrected chi connectivity index (χ3v) is 5.94. The summed E-state index contributed by atoms with van der Waals surface area (Å²) in [5, 5.41) is 2.73. The van der Waals surface area contributed by atoms with Crippen LogP contribution in [-0.4, -0.2) is 42.8 Å². The van der Waals surface area contributed by atoms with Crippen LogP contribution in [-0.2, 0) is 14.8 Å². The van der Waals surface area contributed by atoms with E-state index in [4.69, 9.17) is 0 Å². The van der Waals surface area contributed by atoms with Gasteiger partial charge in [-0.15, -0.1) is 0 Å². The molecule has 1 aromatic carbocycles. The number of benzene rings is 1. The fourth-order valence-corrected chi connectivity index (χ4v) is 4.50. The topological polar surface area (TPSA) is 83.6 Å². The van der Waals surface area contributed by atoms with E-state index in [1.165, 1.54) is 11.2 Å². The van der Waals surface area contributed by atoms with Crippen LogP contribution in [0.15, 0.2) is 24.3 Å². The molecule has 1 N–H and O–H groups in total. The van der Waals surface area contributed by atoms with Gasteiger partial charge in [-0.25, -0.2) is 8.42 Å². The van der Waals surface area contributed by atoms with Crippen LogP contribution in [0.2, 0.25) is 0 Å². The molecule has 1 unspecified atom stereocenters. The van der Waals surface area contributed by atoms with Gasteiger partial charge in [0, 0.05) is 17.8 Å². The highest BCUT2D eigenvalue weighted by atomic mass is 32.2. The van der Waals surface area contributed by atoms with Gasteiger partial charge in [-0.3, -0.25) is 9.59 Å². The molecule has 1 aromatic rings. The Morgan fingerprint density at radius 1 is 1.35 bits per heavy atom. The van der Waals surface area contributed by atoms with Gasteiger partial charge in [0.15, 0.2) is 5.78 Å². The van der Waals surface area contributed by atoms with Crippen molar-refractivity contribution < 1.29 is 18.0 Å². The molecule has 1 atom stereocenters. The number of Topliss-reactive ketones (excluding diaryl/α,β-unsaturated/α-hetero) is 1. The summed E-state index contributed by atoms with van der Waals surface area (Å²) in [4.78, 5) is 23.8. The molecule has 0 radical (unpaired) electrons. The number of carbonyl (C=O) groups is 2. The summed E-state index contributed by atoms with van der Waals surface area (Å²) in [6, 6.07) is 5.97. The zero-order valence-electron chi connectivity index (χ0n) is 13.4. The lowest BCUT2D eigenvalue weighted by molar-refractivity contribution is -0.119. The van der Waals surface area contributed by atoms with Gasteiger partial charge in [0.2, 0.25) is 15.9 Å². The van der Waals surface area contributed by atoms with E-state index in [1.54, 1.807) is 31.2 Å². The molecule has 0 aromatic heterocycles. The maximum atomic E-state index is 12.5. The minimum absolute atomic E-state index is 0.0522. The average Bonchev–Trinajstić information content (AvgIpc) is 2.98. The summed E-state index contributed by atoms with van der Waals surface area (Å²) in [5.74, 6) is -0.381. The normalized spacial score (nSPS) is 18.8. The number of hydrogen-bond donors (Lipinski definition) is 1. The molecule has 0 saturated carbocycles. The first-order chi connectivity index (χ1) is 10.8. The Hall–Kier alpha value is -1.73. The molecule has 1 fully saturated rings. The van der Waals surface area contributed by atoms with Crippen LogP contribution in [0.25, 0.3) is 0 Å². The minimum Gasteiger partial charge on any atom is -0.325 e. The molecule has 6 nitrogen and oxygen atoms in total. The number of anilines is 1. The van der Waals surface area contributed by atoms with Crippen molar-refractivity contribution in [1.82, 2.24) is 4.31 Å². The predicted octanol–water partition coefficient (Wildman–Crippen LogP) is 2.03. The van der Waals surface area contributed by atoms with Crippen molar-refractivity contribution in [2.75, 3.05) is 17.6 Å². The van der Waals surface area contributed by atoms with Crippen molar-refractivity contribution in [3.05, 3.63) is 29.8 Å². The quantitative estimate of drug-likeness (QED) is 0.805. The fraction of sp³-hybridized carbons (Fsp3) is 0.500. The van der Waals surface area contributed by atoms with Crippen LogP contribution >= 0.6 is 0 Å². The van der Waals surface area contributed by atoms with Gasteiger partial charge in [-0.2, -0.15) is 4.31 Å². The molecular weight excluding hydrogens is 316 g/mol. The second kappa shape index (κ2) is 7.23. The largest absolute Gasteiger partial charge is 0.325 e. The van der Waals surface area contributed by atoms with Gasteiger partial charge in [0.1, 0.15) is 6.04 Å². The van der Waals surface area contributed by atoms with Crippen LogP contribution in [0.3, 0.4) is 0 Å².